The predicted molar refractivity (Wildman–Crippen MR) is 67.2 cm³/mol. The van der Waals surface area contributed by atoms with Crippen LogP contribution >= 0.6 is 0 Å². The lowest BCUT2D eigenvalue weighted by atomic mass is 10.2. The number of ether oxygens (including phenoxy) is 2. The van der Waals surface area contributed by atoms with Crippen LogP contribution in [0.15, 0.2) is 6.08 Å². The number of rotatable bonds is 3. The van der Waals surface area contributed by atoms with Crippen molar-refractivity contribution in [3.05, 3.63) is 23.0 Å². The smallest absolute Gasteiger partial charge is 0.347 e. The quantitative estimate of drug-likeness (QED) is 0.599. The molecule has 102 valence electrons. The molecular formula is C13H16N2O4. The van der Waals surface area contributed by atoms with E-state index < -0.39 is 18.0 Å². The third kappa shape index (κ3) is 2.83. The van der Waals surface area contributed by atoms with Gasteiger partial charge in [0.15, 0.2) is 0 Å². The molecule has 2 heterocycles. The fourth-order valence-corrected chi connectivity index (χ4v) is 1.95. The van der Waals surface area contributed by atoms with Crippen LogP contribution in [0.5, 0.6) is 0 Å². The summed E-state index contributed by atoms with van der Waals surface area (Å²) in [6, 6.07) is 0. The highest BCUT2D eigenvalue weighted by Gasteiger charge is 2.29. The summed E-state index contributed by atoms with van der Waals surface area (Å²) >= 11 is 0. The van der Waals surface area contributed by atoms with E-state index in [1.54, 1.807) is 10.8 Å². The average molecular weight is 264 g/mol. The maximum Gasteiger partial charge on any atom is 0.347 e. The van der Waals surface area contributed by atoms with Crippen LogP contribution in [0, 0.1) is 13.8 Å². The second-order valence-corrected chi connectivity index (χ2v) is 4.42. The summed E-state index contributed by atoms with van der Waals surface area (Å²) in [5.74, 6) is -1.03. The van der Waals surface area contributed by atoms with Gasteiger partial charge in [-0.1, -0.05) is 0 Å². The summed E-state index contributed by atoms with van der Waals surface area (Å²) in [4.78, 5) is 22.8. The monoisotopic (exact) mass is 264 g/mol. The van der Waals surface area contributed by atoms with Crippen LogP contribution in [-0.4, -0.2) is 34.4 Å². The predicted octanol–water partition coefficient (Wildman–Crippen LogP) is 0.909. The molecule has 0 bridgehead atoms. The van der Waals surface area contributed by atoms with Crippen LogP contribution in [0.4, 0.5) is 0 Å². The van der Waals surface area contributed by atoms with Crippen LogP contribution in [0.25, 0.3) is 6.08 Å². The SMILES string of the molecule is Cc1nn(C)c(C)c1/C=C/C(=O)O[C@@H]1CCOC1=O. The van der Waals surface area contributed by atoms with Gasteiger partial charge in [0.2, 0.25) is 6.10 Å². The number of carbonyl (C=O) groups is 2. The standard InChI is InChI=1S/C13H16N2O4/c1-8-10(9(2)15(3)14-8)4-5-12(16)19-11-6-7-18-13(11)17/h4-5,11H,6-7H2,1-3H3/b5-4+/t11-/m1/s1. The van der Waals surface area contributed by atoms with Crippen LogP contribution in [-0.2, 0) is 26.1 Å². The van der Waals surface area contributed by atoms with Gasteiger partial charge in [0.1, 0.15) is 0 Å². The molecule has 0 unspecified atom stereocenters. The maximum absolute atomic E-state index is 11.6. The minimum atomic E-state index is -0.770. The van der Waals surface area contributed by atoms with Crippen molar-refractivity contribution in [3.8, 4) is 0 Å². The number of hydrogen-bond donors (Lipinski definition) is 0. The number of nitrogens with zero attached hydrogens (tertiary/aromatic N) is 2. The van der Waals surface area contributed by atoms with Crippen LogP contribution in [0.1, 0.15) is 23.4 Å². The highest BCUT2D eigenvalue weighted by molar-refractivity contribution is 5.90. The Morgan fingerprint density at radius 3 is 2.79 bits per heavy atom. The fraction of sp³-hybridized carbons (Fsp3) is 0.462. The molecule has 1 aliphatic heterocycles. The van der Waals surface area contributed by atoms with Gasteiger partial charge in [-0.2, -0.15) is 5.10 Å². The second-order valence-electron chi connectivity index (χ2n) is 4.42. The van der Waals surface area contributed by atoms with Crippen LogP contribution in [0.3, 0.4) is 0 Å². The first-order chi connectivity index (χ1) is 8.99. The number of cyclic esters (lactones) is 1. The summed E-state index contributed by atoms with van der Waals surface area (Å²) in [5.41, 5.74) is 2.68. The number of carbonyl (C=O) groups excluding carboxylic acids is 2. The topological polar surface area (TPSA) is 70.4 Å². The zero-order chi connectivity index (χ0) is 14.0. The van der Waals surface area contributed by atoms with Gasteiger partial charge in [0.05, 0.1) is 12.3 Å². The van der Waals surface area contributed by atoms with Gasteiger partial charge in [-0.25, -0.2) is 9.59 Å². The molecule has 0 aromatic carbocycles. The van der Waals surface area contributed by atoms with Gasteiger partial charge in [-0.05, 0) is 19.9 Å². The van der Waals surface area contributed by atoms with Gasteiger partial charge in [-0.15, -0.1) is 0 Å². The third-order valence-corrected chi connectivity index (χ3v) is 3.10. The van der Waals surface area contributed by atoms with Crippen LogP contribution < -0.4 is 0 Å². The van der Waals surface area contributed by atoms with Crippen molar-refractivity contribution in [2.24, 2.45) is 7.05 Å². The molecule has 0 amide bonds. The van der Waals surface area contributed by atoms with Crippen molar-refractivity contribution < 1.29 is 19.1 Å². The number of esters is 2. The van der Waals surface area contributed by atoms with E-state index in [1.807, 2.05) is 20.9 Å². The van der Waals surface area contributed by atoms with Crippen molar-refractivity contribution in [1.82, 2.24) is 9.78 Å². The van der Waals surface area contributed by atoms with Gasteiger partial charge in [-0.3, -0.25) is 4.68 Å². The van der Waals surface area contributed by atoms with E-state index in [0.717, 1.165) is 17.0 Å². The Kier molecular flexibility index (Phi) is 3.69. The van der Waals surface area contributed by atoms with E-state index in [1.165, 1.54) is 6.08 Å². The Morgan fingerprint density at radius 1 is 1.53 bits per heavy atom. The molecule has 1 saturated heterocycles. The Balaban J connectivity index is 2.02. The molecule has 0 saturated carbocycles. The molecule has 0 N–H and O–H groups in total. The summed E-state index contributed by atoms with van der Waals surface area (Å²) < 4.78 is 11.5. The molecule has 1 aromatic heterocycles. The zero-order valence-corrected chi connectivity index (χ0v) is 11.2. The maximum atomic E-state index is 11.6. The zero-order valence-electron chi connectivity index (χ0n) is 11.2. The first-order valence-corrected chi connectivity index (χ1v) is 6.04. The van der Waals surface area contributed by atoms with Crippen molar-refractivity contribution >= 4 is 18.0 Å². The molecular weight excluding hydrogens is 248 g/mol. The van der Waals surface area contributed by atoms with Crippen molar-refractivity contribution in [2.45, 2.75) is 26.4 Å². The summed E-state index contributed by atoms with van der Waals surface area (Å²) in [5, 5.41) is 4.24. The van der Waals surface area contributed by atoms with Gasteiger partial charge in [0.25, 0.3) is 0 Å². The fourth-order valence-electron chi connectivity index (χ4n) is 1.95. The normalized spacial score (nSPS) is 18.9. The molecule has 0 spiro atoms. The third-order valence-electron chi connectivity index (χ3n) is 3.10. The minimum absolute atomic E-state index is 0.307. The van der Waals surface area contributed by atoms with Gasteiger partial charge in [0, 0.05) is 30.8 Å². The van der Waals surface area contributed by atoms with E-state index in [2.05, 4.69) is 5.10 Å². The molecule has 6 nitrogen and oxygen atoms in total. The minimum Gasteiger partial charge on any atom is -0.463 e. The highest BCUT2D eigenvalue weighted by Crippen LogP contribution is 2.15. The molecule has 1 atom stereocenters. The number of aryl methyl sites for hydroxylation is 2. The van der Waals surface area contributed by atoms with E-state index in [4.69, 9.17) is 9.47 Å². The molecule has 2 rings (SSSR count). The molecule has 1 aliphatic rings. The van der Waals surface area contributed by atoms with Gasteiger partial charge >= 0.3 is 11.9 Å². The molecule has 1 fully saturated rings. The number of hydrogen-bond acceptors (Lipinski definition) is 5. The Morgan fingerprint density at radius 2 is 2.26 bits per heavy atom. The lowest BCUT2D eigenvalue weighted by Crippen LogP contribution is -2.21. The molecule has 6 heteroatoms. The Bertz CT molecular complexity index is 545. The molecule has 1 aromatic rings. The molecule has 0 aliphatic carbocycles. The summed E-state index contributed by atoms with van der Waals surface area (Å²) in [6.45, 7) is 4.09. The summed E-state index contributed by atoms with van der Waals surface area (Å²) in [7, 11) is 1.84. The van der Waals surface area contributed by atoms with Crippen molar-refractivity contribution in [1.29, 1.82) is 0 Å². The first-order valence-electron chi connectivity index (χ1n) is 6.04. The van der Waals surface area contributed by atoms with E-state index in [9.17, 15) is 9.59 Å². The van der Waals surface area contributed by atoms with E-state index >= 15 is 0 Å². The van der Waals surface area contributed by atoms with E-state index in [0.29, 0.717) is 13.0 Å². The van der Waals surface area contributed by atoms with Gasteiger partial charge < -0.3 is 9.47 Å². The van der Waals surface area contributed by atoms with Crippen molar-refractivity contribution in [2.75, 3.05) is 6.61 Å². The second kappa shape index (κ2) is 5.26. The lowest BCUT2D eigenvalue weighted by Gasteiger charge is -2.05. The number of aromatic nitrogens is 2. The highest BCUT2D eigenvalue weighted by atomic mass is 16.6. The average Bonchev–Trinajstić information content (AvgIpc) is 2.84. The molecule has 0 radical (unpaired) electrons. The summed E-state index contributed by atoms with van der Waals surface area (Å²) in [6.07, 6.45) is 2.61. The Labute approximate surface area is 111 Å². The largest absolute Gasteiger partial charge is 0.463 e. The van der Waals surface area contributed by atoms with Crippen molar-refractivity contribution in [3.63, 3.8) is 0 Å². The van der Waals surface area contributed by atoms with Crippen LogP contribution in [0.2, 0.25) is 0 Å². The lowest BCUT2D eigenvalue weighted by molar-refractivity contribution is -0.156. The molecule has 19 heavy (non-hydrogen) atoms. The first kappa shape index (κ1) is 13.3. The Hall–Kier alpha value is -2.11. The van der Waals surface area contributed by atoms with E-state index in [-0.39, 0.29) is 0 Å².